The van der Waals surface area contributed by atoms with Crippen molar-refractivity contribution in [3.8, 4) is 0 Å². The molecule has 3 aromatic rings. The number of hydrogen-bond donors (Lipinski definition) is 0. The smallest absolute Gasteiger partial charge is 0.274 e. The van der Waals surface area contributed by atoms with Crippen LogP contribution in [0, 0.1) is 0 Å². The molecule has 102 valence electrons. The Bertz CT molecular complexity index is 838. The lowest BCUT2D eigenvalue weighted by atomic mass is 10.2. The van der Waals surface area contributed by atoms with E-state index < -0.39 is 0 Å². The molecule has 0 amide bonds. The Labute approximate surface area is 114 Å². The van der Waals surface area contributed by atoms with Gasteiger partial charge in [-0.1, -0.05) is 12.1 Å². The van der Waals surface area contributed by atoms with Gasteiger partial charge in [0.1, 0.15) is 6.54 Å². The van der Waals surface area contributed by atoms with Gasteiger partial charge in [0.15, 0.2) is 5.82 Å². The maximum atomic E-state index is 12.2. The summed E-state index contributed by atoms with van der Waals surface area (Å²) in [5.41, 5.74) is 0.913. The normalized spacial score (nSPS) is 15.1. The molecule has 2 heterocycles. The number of rotatable bonds is 3. The van der Waals surface area contributed by atoms with E-state index in [1.54, 1.807) is 11.7 Å². The fourth-order valence-corrected chi connectivity index (χ4v) is 2.57. The molecule has 1 saturated carbocycles. The number of nitrogens with zero attached hydrogens (tertiary/aromatic N) is 6. The molecule has 1 fully saturated rings. The summed E-state index contributed by atoms with van der Waals surface area (Å²) in [6, 6.07) is 8.03. The van der Waals surface area contributed by atoms with Crippen molar-refractivity contribution in [3.63, 3.8) is 0 Å². The summed E-state index contributed by atoms with van der Waals surface area (Å²) in [5, 5.41) is 12.6. The summed E-state index contributed by atoms with van der Waals surface area (Å²) in [5.74, 6) is 0.795. The van der Waals surface area contributed by atoms with Crippen molar-refractivity contribution in [1.82, 2.24) is 29.6 Å². The van der Waals surface area contributed by atoms with Crippen molar-refractivity contribution in [1.29, 1.82) is 0 Å². The van der Waals surface area contributed by atoms with Crippen LogP contribution in [0.3, 0.4) is 0 Å². The minimum atomic E-state index is 0.00560. The monoisotopic (exact) mass is 270 g/mol. The molecule has 0 atom stereocenters. The highest BCUT2D eigenvalue weighted by atomic mass is 16.1. The van der Waals surface area contributed by atoms with E-state index >= 15 is 0 Å². The van der Waals surface area contributed by atoms with Gasteiger partial charge in [0.25, 0.3) is 5.56 Å². The van der Waals surface area contributed by atoms with Crippen molar-refractivity contribution >= 4 is 10.9 Å². The Morgan fingerprint density at radius 3 is 2.90 bits per heavy atom. The van der Waals surface area contributed by atoms with Crippen molar-refractivity contribution in [2.75, 3.05) is 0 Å². The van der Waals surface area contributed by atoms with E-state index in [4.69, 9.17) is 0 Å². The Kier molecular flexibility index (Phi) is 2.29. The predicted octanol–water partition coefficient (Wildman–Crippen LogP) is 0.710. The quantitative estimate of drug-likeness (QED) is 0.702. The van der Waals surface area contributed by atoms with Crippen LogP contribution in [-0.2, 0) is 13.6 Å². The highest BCUT2D eigenvalue weighted by Gasteiger charge is 2.28. The zero-order chi connectivity index (χ0) is 13.7. The van der Waals surface area contributed by atoms with Crippen LogP contribution in [0.5, 0.6) is 0 Å². The maximum absolute atomic E-state index is 12.2. The highest BCUT2D eigenvalue weighted by molar-refractivity contribution is 5.78. The molecule has 20 heavy (non-hydrogen) atoms. The van der Waals surface area contributed by atoms with Gasteiger partial charge in [-0.3, -0.25) is 14.2 Å². The maximum Gasteiger partial charge on any atom is 0.274 e. The van der Waals surface area contributed by atoms with Crippen LogP contribution in [0.25, 0.3) is 10.9 Å². The molecule has 0 unspecified atom stereocenters. The summed E-state index contributed by atoms with van der Waals surface area (Å²) < 4.78 is 5.41. The van der Waals surface area contributed by atoms with Gasteiger partial charge in [-0.15, -0.1) is 5.10 Å². The van der Waals surface area contributed by atoms with Crippen LogP contribution in [-0.4, -0.2) is 29.6 Å². The second-order valence-corrected chi connectivity index (χ2v) is 5.17. The van der Waals surface area contributed by atoms with Crippen molar-refractivity contribution in [2.24, 2.45) is 7.05 Å². The van der Waals surface area contributed by atoms with Crippen LogP contribution in [0.2, 0.25) is 0 Å². The molecule has 7 nitrogen and oxygen atoms in total. The van der Waals surface area contributed by atoms with E-state index in [2.05, 4.69) is 15.5 Å². The first-order valence-corrected chi connectivity index (χ1v) is 6.67. The first-order valence-electron chi connectivity index (χ1n) is 6.67. The van der Waals surface area contributed by atoms with Crippen LogP contribution < -0.4 is 5.56 Å². The van der Waals surface area contributed by atoms with Crippen molar-refractivity contribution in [2.45, 2.75) is 25.4 Å². The molecule has 1 aliphatic carbocycles. The van der Waals surface area contributed by atoms with Crippen LogP contribution >= 0.6 is 0 Å². The second-order valence-electron chi connectivity index (χ2n) is 5.17. The number of fused-ring (bicyclic) bond motifs is 1. The van der Waals surface area contributed by atoms with Gasteiger partial charge in [-0.05, 0) is 35.4 Å². The Hall–Kier alpha value is -2.44. The molecule has 0 saturated heterocycles. The molecule has 0 bridgehead atoms. The molecule has 0 spiro atoms. The molecule has 1 aromatic carbocycles. The molecule has 0 N–H and O–H groups in total. The molecular weight excluding hydrogens is 256 g/mol. The van der Waals surface area contributed by atoms with Gasteiger partial charge in [0.05, 0.1) is 16.9 Å². The lowest BCUT2D eigenvalue weighted by molar-refractivity contribution is 0.506. The molecule has 1 aliphatic rings. The van der Waals surface area contributed by atoms with Gasteiger partial charge < -0.3 is 0 Å². The van der Waals surface area contributed by atoms with Gasteiger partial charge in [-0.25, -0.2) is 4.68 Å². The lowest BCUT2D eigenvalue weighted by Crippen LogP contribution is -2.21. The summed E-state index contributed by atoms with van der Waals surface area (Å²) in [6.07, 6.45) is 2.26. The van der Waals surface area contributed by atoms with E-state index in [9.17, 15) is 4.79 Å². The van der Waals surface area contributed by atoms with Gasteiger partial charge >= 0.3 is 0 Å². The number of para-hydroxylation sites is 1. The first kappa shape index (κ1) is 11.4. The van der Waals surface area contributed by atoms with Crippen LogP contribution in [0.1, 0.15) is 24.7 Å². The predicted molar refractivity (Wildman–Crippen MR) is 72.4 cm³/mol. The average Bonchev–Trinajstić information content (AvgIpc) is 3.17. The first-order chi connectivity index (χ1) is 9.75. The minimum Gasteiger partial charge on any atom is -0.274 e. The van der Waals surface area contributed by atoms with E-state index in [1.165, 1.54) is 0 Å². The molecular formula is C13H14N6O. The molecule has 7 heteroatoms. The van der Waals surface area contributed by atoms with E-state index in [-0.39, 0.29) is 5.56 Å². The zero-order valence-corrected chi connectivity index (χ0v) is 11.1. The topological polar surface area (TPSA) is 70.5 Å². The van der Waals surface area contributed by atoms with E-state index in [0.29, 0.717) is 12.6 Å². The number of hydrogen-bond acceptors (Lipinski definition) is 4. The molecule has 2 aromatic heterocycles. The minimum absolute atomic E-state index is 0.00560. The Balaban J connectivity index is 1.84. The fourth-order valence-electron chi connectivity index (χ4n) is 2.57. The van der Waals surface area contributed by atoms with Crippen LogP contribution in [0.15, 0.2) is 29.1 Å². The molecule has 4 rings (SSSR count). The largest absolute Gasteiger partial charge is 0.274 e. The molecule has 0 radical (unpaired) electrons. The summed E-state index contributed by atoms with van der Waals surface area (Å²) in [6.45, 7) is 0.503. The van der Waals surface area contributed by atoms with Gasteiger partial charge in [0.2, 0.25) is 0 Å². The molecule has 0 aliphatic heterocycles. The summed E-state index contributed by atoms with van der Waals surface area (Å²) >= 11 is 0. The average molecular weight is 270 g/mol. The Morgan fingerprint density at radius 2 is 2.10 bits per heavy atom. The number of benzene rings is 1. The van der Waals surface area contributed by atoms with Gasteiger partial charge in [-0.2, -0.15) is 0 Å². The van der Waals surface area contributed by atoms with Crippen LogP contribution in [0.4, 0.5) is 0 Å². The third-order valence-electron chi connectivity index (χ3n) is 3.81. The third-order valence-corrected chi connectivity index (χ3v) is 3.81. The summed E-state index contributed by atoms with van der Waals surface area (Å²) in [7, 11) is 1.77. The highest BCUT2D eigenvalue weighted by Crippen LogP contribution is 2.34. The standard InChI is InChI=1S/C13H14N6O/c1-17-13(20)10-4-2-3-5-11(10)18(17)8-12-14-15-16-19(12)9-6-7-9/h2-5,9H,6-8H2,1H3. The third kappa shape index (κ3) is 1.59. The number of tetrazole rings is 1. The SMILES string of the molecule is Cn1c(=O)c2ccccc2n1Cc1nnnn1C1CC1. The lowest BCUT2D eigenvalue weighted by Gasteiger charge is -2.08. The zero-order valence-electron chi connectivity index (χ0n) is 11.1. The van der Waals surface area contributed by atoms with Gasteiger partial charge in [0, 0.05) is 7.05 Å². The van der Waals surface area contributed by atoms with E-state index in [1.807, 2.05) is 33.6 Å². The van der Waals surface area contributed by atoms with Crippen molar-refractivity contribution in [3.05, 3.63) is 40.4 Å². The Morgan fingerprint density at radius 1 is 1.30 bits per heavy atom. The second kappa shape index (κ2) is 4.03. The van der Waals surface area contributed by atoms with Crippen molar-refractivity contribution < 1.29 is 0 Å². The fraction of sp³-hybridized carbons (Fsp3) is 0.385. The number of aromatic nitrogens is 6. The summed E-state index contributed by atoms with van der Waals surface area (Å²) in [4.78, 5) is 12.2. The van der Waals surface area contributed by atoms with E-state index in [0.717, 1.165) is 29.6 Å².